The number of fused-ring (bicyclic) bond motifs is 1. The van der Waals surface area contributed by atoms with E-state index in [2.05, 4.69) is 170 Å². The summed E-state index contributed by atoms with van der Waals surface area (Å²) >= 11 is 0. The first-order chi connectivity index (χ1) is 21.8. The van der Waals surface area contributed by atoms with Gasteiger partial charge in [0.25, 0.3) is 0 Å². The van der Waals surface area contributed by atoms with Gasteiger partial charge in [0.1, 0.15) is 0 Å². The van der Waals surface area contributed by atoms with Crippen LogP contribution in [0.5, 0.6) is 0 Å². The van der Waals surface area contributed by atoms with Crippen molar-refractivity contribution in [3.05, 3.63) is 170 Å². The summed E-state index contributed by atoms with van der Waals surface area (Å²) in [5, 5.41) is 10.5. The van der Waals surface area contributed by atoms with Gasteiger partial charge < -0.3 is 0 Å². The molecule has 0 unspecified atom stereocenters. The van der Waals surface area contributed by atoms with Gasteiger partial charge in [-0.3, -0.25) is 0 Å². The van der Waals surface area contributed by atoms with Crippen LogP contribution >= 0.6 is 0 Å². The summed E-state index contributed by atoms with van der Waals surface area (Å²) in [7, 11) is 0. The van der Waals surface area contributed by atoms with Crippen LogP contribution in [0.25, 0.3) is 87.6 Å². The van der Waals surface area contributed by atoms with Crippen molar-refractivity contribution in [1.29, 1.82) is 0 Å². The van der Waals surface area contributed by atoms with Gasteiger partial charge >= 0.3 is 0 Å². The highest BCUT2D eigenvalue weighted by Crippen LogP contribution is 2.40. The molecule has 9 aromatic rings. The molecule has 44 heavy (non-hydrogen) atoms. The Morgan fingerprint density at radius 1 is 0.227 bits per heavy atom. The molecule has 0 nitrogen and oxygen atoms in total. The third-order valence-corrected chi connectivity index (χ3v) is 9.24. The summed E-state index contributed by atoms with van der Waals surface area (Å²) in [6.07, 6.45) is 0. The van der Waals surface area contributed by atoms with E-state index in [1.165, 1.54) is 87.6 Å². The van der Waals surface area contributed by atoms with Crippen LogP contribution in [-0.4, -0.2) is 0 Å². The molecular formula is C44H28. The normalized spacial score (nSPS) is 11.6. The molecule has 0 aromatic heterocycles. The fraction of sp³-hybridized carbons (Fsp3) is 0. The molecule has 0 saturated carbocycles. The van der Waals surface area contributed by atoms with E-state index in [1.807, 2.05) is 0 Å². The van der Waals surface area contributed by atoms with E-state index in [-0.39, 0.29) is 0 Å². The van der Waals surface area contributed by atoms with Crippen molar-refractivity contribution < 1.29 is 0 Å². The Balaban J connectivity index is 1.04. The molecule has 0 aliphatic carbocycles. The molecule has 0 spiro atoms. The molecule has 9 aromatic carbocycles. The minimum atomic E-state index is 1.22. The van der Waals surface area contributed by atoms with Crippen LogP contribution in [0, 0.1) is 0 Å². The molecular weight excluding hydrogens is 528 g/mol. The first-order valence-electron chi connectivity index (χ1n) is 15.3. The summed E-state index contributed by atoms with van der Waals surface area (Å²) in [5.74, 6) is 0. The third-order valence-electron chi connectivity index (χ3n) is 9.24. The van der Waals surface area contributed by atoms with Crippen molar-refractivity contribution in [2.24, 2.45) is 0 Å². The Kier molecular flexibility index (Phi) is 5.61. The largest absolute Gasteiger partial charge is 0.0616 e. The van der Waals surface area contributed by atoms with Crippen LogP contribution in [0.3, 0.4) is 0 Å². The van der Waals surface area contributed by atoms with Crippen molar-refractivity contribution in [3.8, 4) is 44.5 Å². The first-order valence-corrected chi connectivity index (χ1v) is 15.3. The lowest BCUT2D eigenvalue weighted by Crippen LogP contribution is -1.87. The number of hydrogen-bond donors (Lipinski definition) is 0. The molecule has 0 fully saturated rings. The molecule has 0 radical (unpaired) electrons. The summed E-state index contributed by atoms with van der Waals surface area (Å²) < 4.78 is 0. The van der Waals surface area contributed by atoms with Crippen molar-refractivity contribution in [1.82, 2.24) is 0 Å². The predicted molar refractivity (Wildman–Crippen MR) is 189 cm³/mol. The second-order valence-corrected chi connectivity index (χ2v) is 11.7. The van der Waals surface area contributed by atoms with Gasteiger partial charge in [-0.1, -0.05) is 164 Å². The average Bonchev–Trinajstić information content (AvgIpc) is 3.10. The maximum atomic E-state index is 2.31. The average molecular weight is 557 g/mol. The minimum Gasteiger partial charge on any atom is -0.0616 e. The van der Waals surface area contributed by atoms with Crippen molar-refractivity contribution in [2.45, 2.75) is 0 Å². The predicted octanol–water partition coefficient (Wildman–Crippen LogP) is 12.4. The zero-order valence-corrected chi connectivity index (χ0v) is 24.2. The van der Waals surface area contributed by atoms with Crippen LogP contribution in [0.4, 0.5) is 0 Å². The highest BCUT2D eigenvalue weighted by Gasteiger charge is 2.12. The first kappa shape index (κ1) is 24.8. The molecule has 9 rings (SSSR count). The molecule has 0 heteroatoms. The van der Waals surface area contributed by atoms with Crippen molar-refractivity contribution in [2.75, 3.05) is 0 Å². The van der Waals surface area contributed by atoms with Crippen LogP contribution in [0.15, 0.2) is 170 Å². The molecule has 204 valence electrons. The van der Waals surface area contributed by atoms with E-state index in [1.54, 1.807) is 0 Å². The van der Waals surface area contributed by atoms with Crippen LogP contribution in [-0.2, 0) is 0 Å². The summed E-state index contributed by atoms with van der Waals surface area (Å²) in [5.41, 5.74) is 9.94. The minimum absolute atomic E-state index is 1.22. The highest BCUT2D eigenvalue weighted by molar-refractivity contribution is 6.25. The van der Waals surface area contributed by atoms with E-state index in [4.69, 9.17) is 0 Å². The van der Waals surface area contributed by atoms with Crippen LogP contribution < -0.4 is 0 Å². The van der Waals surface area contributed by atoms with E-state index >= 15 is 0 Å². The van der Waals surface area contributed by atoms with Gasteiger partial charge in [-0.05, 0) is 93.7 Å². The maximum absolute atomic E-state index is 2.31. The molecule has 0 amide bonds. The Morgan fingerprint density at radius 2 is 0.727 bits per heavy atom. The Hall–Kier alpha value is -5.72. The highest BCUT2D eigenvalue weighted by atomic mass is 14.2. The zero-order valence-electron chi connectivity index (χ0n) is 24.2. The second kappa shape index (κ2) is 9.93. The topological polar surface area (TPSA) is 0 Å². The standard InChI is InChI=1S/C44H28/c1-2-12-39-32(6-1)7-5-13-40(39)38-11-4-10-37(28-38)31-16-14-29(15-17-31)30-18-20-33(21-19-30)41-26-24-36-23-22-34-8-3-9-35-25-27-42(41)44(36)43(34)35/h1-28H. The monoisotopic (exact) mass is 556 g/mol. The second-order valence-electron chi connectivity index (χ2n) is 11.7. The lowest BCUT2D eigenvalue weighted by molar-refractivity contribution is 1.58. The van der Waals surface area contributed by atoms with Gasteiger partial charge in [-0.25, -0.2) is 0 Å². The van der Waals surface area contributed by atoms with Gasteiger partial charge in [0.15, 0.2) is 0 Å². The van der Waals surface area contributed by atoms with Crippen LogP contribution in [0.1, 0.15) is 0 Å². The molecule has 0 bridgehead atoms. The smallest absolute Gasteiger partial charge is 0.00206 e. The fourth-order valence-corrected chi connectivity index (χ4v) is 7.03. The zero-order chi connectivity index (χ0) is 29.0. The van der Waals surface area contributed by atoms with E-state index in [0.29, 0.717) is 0 Å². The van der Waals surface area contributed by atoms with Gasteiger partial charge in [-0.15, -0.1) is 0 Å². The number of benzene rings is 9. The van der Waals surface area contributed by atoms with Gasteiger partial charge in [-0.2, -0.15) is 0 Å². The SMILES string of the molecule is c1cc(-c2ccc(-c3ccc(-c4ccc5ccc6cccc7ccc4c5c67)cc3)cc2)cc(-c2cccc3ccccc23)c1. The fourth-order valence-electron chi connectivity index (χ4n) is 7.03. The molecule has 0 aliphatic rings. The maximum Gasteiger partial charge on any atom is -0.00206 e. The number of rotatable bonds is 4. The molecule has 0 N–H and O–H groups in total. The lowest BCUT2D eigenvalue weighted by Gasteiger charge is -2.14. The van der Waals surface area contributed by atoms with E-state index in [0.717, 1.165) is 0 Å². The van der Waals surface area contributed by atoms with Gasteiger partial charge in [0.2, 0.25) is 0 Å². The molecule has 0 saturated heterocycles. The summed E-state index contributed by atoms with van der Waals surface area (Å²) in [6, 6.07) is 62.2. The molecule has 0 heterocycles. The lowest BCUT2D eigenvalue weighted by atomic mass is 9.89. The van der Waals surface area contributed by atoms with Crippen LogP contribution in [0.2, 0.25) is 0 Å². The van der Waals surface area contributed by atoms with E-state index in [9.17, 15) is 0 Å². The summed E-state index contributed by atoms with van der Waals surface area (Å²) in [4.78, 5) is 0. The summed E-state index contributed by atoms with van der Waals surface area (Å²) in [6.45, 7) is 0. The van der Waals surface area contributed by atoms with Gasteiger partial charge in [0.05, 0.1) is 0 Å². The molecule has 0 atom stereocenters. The Morgan fingerprint density at radius 3 is 1.50 bits per heavy atom. The third kappa shape index (κ3) is 4.00. The Labute approximate surface area is 256 Å². The Bertz CT molecular complexity index is 2440. The van der Waals surface area contributed by atoms with Crippen molar-refractivity contribution >= 4 is 43.1 Å². The van der Waals surface area contributed by atoms with Gasteiger partial charge in [0, 0.05) is 0 Å². The molecule has 0 aliphatic heterocycles. The van der Waals surface area contributed by atoms with Crippen molar-refractivity contribution in [3.63, 3.8) is 0 Å². The number of hydrogen-bond acceptors (Lipinski definition) is 0. The quantitative estimate of drug-likeness (QED) is 0.189. The van der Waals surface area contributed by atoms with E-state index < -0.39 is 0 Å².